The van der Waals surface area contributed by atoms with Crippen LogP contribution < -0.4 is 0 Å². The van der Waals surface area contributed by atoms with E-state index in [0.717, 1.165) is 11.3 Å². The average Bonchev–Trinajstić information content (AvgIpc) is 3.23. The predicted octanol–water partition coefficient (Wildman–Crippen LogP) is 4.86. The third kappa shape index (κ3) is 5.18. The third-order valence-electron chi connectivity index (χ3n) is 3.88. The van der Waals surface area contributed by atoms with E-state index in [9.17, 15) is 18.0 Å². The Hall–Kier alpha value is -2.23. The summed E-state index contributed by atoms with van der Waals surface area (Å²) in [7, 11) is 0. The highest BCUT2D eigenvalue weighted by Gasteiger charge is 2.38. The van der Waals surface area contributed by atoms with Crippen molar-refractivity contribution in [2.75, 3.05) is 13.1 Å². The van der Waals surface area contributed by atoms with Crippen LogP contribution in [-0.2, 0) is 10.9 Å². The number of likely N-dealkylation sites (tertiary alicyclic amines) is 1. The Labute approximate surface area is 164 Å². The first-order valence-electron chi connectivity index (χ1n) is 8.67. The van der Waals surface area contributed by atoms with Gasteiger partial charge in [-0.3, -0.25) is 0 Å². The fourth-order valence-corrected chi connectivity index (χ4v) is 3.80. The van der Waals surface area contributed by atoms with Crippen LogP contribution in [0.1, 0.15) is 33.1 Å². The van der Waals surface area contributed by atoms with Crippen LogP contribution in [0, 0.1) is 0 Å². The number of thioether (sulfide) groups is 1. The number of benzene rings is 1. The first-order valence-corrected chi connectivity index (χ1v) is 9.55. The van der Waals surface area contributed by atoms with Crippen molar-refractivity contribution in [1.82, 2.24) is 15.0 Å². The maximum atomic E-state index is 12.6. The number of alkyl halides is 3. The average molecular weight is 415 g/mol. The minimum absolute atomic E-state index is 0.110. The van der Waals surface area contributed by atoms with E-state index in [1.54, 1.807) is 40.9 Å². The van der Waals surface area contributed by atoms with E-state index in [-0.39, 0.29) is 17.2 Å². The molecule has 1 saturated heterocycles. The Morgan fingerprint density at radius 2 is 1.93 bits per heavy atom. The summed E-state index contributed by atoms with van der Waals surface area (Å²) in [4.78, 5) is 18.1. The molecule has 28 heavy (non-hydrogen) atoms. The zero-order valence-electron chi connectivity index (χ0n) is 15.6. The Kier molecular flexibility index (Phi) is 5.60. The van der Waals surface area contributed by atoms with Gasteiger partial charge in [0.15, 0.2) is 0 Å². The lowest BCUT2D eigenvalue weighted by Gasteiger charge is -2.24. The van der Waals surface area contributed by atoms with Gasteiger partial charge in [-0.25, -0.2) is 4.79 Å². The summed E-state index contributed by atoms with van der Waals surface area (Å²) in [6.45, 7) is 6.71. The molecule has 1 aliphatic heterocycles. The van der Waals surface area contributed by atoms with Crippen molar-refractivity contribution in [2.24, 2.45) is 0 Å². The molecule has 1 amide bonds. The normalized spacial score (nSPS) is 17.8. The highest BCUT2D eigenvalue weighted by atomic mass is 32.2. The van der Waals surface area contributed by atoms with E-state index in [2.05, 4.69) is 14.7 Å². The van der Waals surface area contributed by atoms with Crippen LogP contribution in [0.15, 0.2) is 33.7 Å². The molecule has 2 heterocycles. The Balaban J connectivity index is 1.58. The molecule has 3 rings (SSSR count). The number of halogens is 3. The van der Waals surface area contributed by atoms with E-state index in [0.29, 0.717) is 18.7 Å². The molecule has 1 unspecified atom stereocenters. The maximum Gasteiger partial charge on any atom is 0.471 e. The van der Waals surface area contributed by atoms with Gasteiger partial charge in [-0.15, -0.1) is 11.8 Å². The van der Waals surface area contributed by atoms with Crippen LogP contribution >= 0.6 is 11.8 Å². The molecule has 1 aliphatic rings. The lowest BCUT2D eigenvalue weighted by Crippen LogP contribution is -2.35. The summed E-state index contributed by atoms with van der Waals surface area (Å²) >= 11 is 1.61. The van der Waals surface area contributed by atoms with E-state index in [4.69, 9.17) is 4.74 Å². The first-order chi connectivity index (χ1) is 13.0. The van der Waals surface area contributed by atoms with Crippen molar-refractivity contribution in [3.8, 4) is 11.4 Å². The Morgan fingerprint density at radius 1 is 1.25 bits per heavy atom. The minimum Gasteiger partial charge on any atom is -0.444 e. The second-order valence-electron chi connectivity index (χ2n) is 7.40. The van der Waals surface area contributed by atoms with E-state index < -0.39 is 17.7 Å². The van der Waals surface area contributed by atoms with Gasteiger partial charge in [0, 0.05) is 28.8 Å². The number of amides is 1. The number of hydrogen-bond donors (Lipinski definition) is 0. The Morgan fingerprint density at radius 3 is 2.50 bits per heavy atom. The maximum absolute atomic E-state index is 12.6. The van der Waals surface area contributed by atoms with Crippen molar-refractivity contribution in [2.45, 2.75) is 49.1 Å². The van der Waals surface area contributed by atoms with Gasteiger partial charge in [-0.2, -0.15) is 18.2 Å². The largest absolute Gasteiger partial charge is 0.471 e. The Bertz CT molecular complexity index is 831. The quantitative estimate of drug-likeness (QED) is 0.713. The van der Waals surface area contributed by atoms with Crippen LogP contribution in [0.3, 0.4) is 0 Å². The molecule has 2 aromatic rings. The molecule has 1 aromatic heterocycles. The summed E-state index contributed by atoms with van der Waals surface area (Å²) in [6, 6.07) is 6.88. The van der Waals surface area contributed by atoms with Gasteiger partial charge in [0.25, 0.3) is 0 Å². The van der Waals surface area contributed by atoms with Crippen molar-refractivity contribution >= 4 is 17.9 Å². The third-order valence-corrected chi connectivity index (χ3v) is 5.14. The number of carbonyl (C=O) groups excluding carboxylic acids is 1. The predicted molar refractivity (Wildman–Crippen MR) is 96.8 cm³/mol. The molecule has 0 aliphatic carbocycles. The van der Waals surface area contributed by atoms with Gasteiger partial charge in [-0.1, -0.05) is 5.16 Å². The summed E-state index contributed by atoms with van der Waals surface area (Å²) in [6.07, 6.45) is -4.14. The zero-order valence-corrected chi connectivity index (χ0v) is 16.4. The molecule has 6 nitrogen and oxygen atoms in total. The van der Waals surface area contributed by atoms with E-state index in [1.165, 1.54) is 0 Å². The van der Waals surface area contributed by atoms with E-state index >= 15 is 0 Å². The molecule has 0 N–H and O–H groups in total. The summed E-state index contributed by atoms with van der Waals surface area (Å²) in [5, 5.41) is 3.60. The number of ether oxygens (including phenoxy) is 1. The standard InChI is InChI=1S/C18H20F3N3O3S/c1-17(2,3)26-16(25)24-9-8-13(10-24)28-12-6-4-11(5-7-12)14-22-15(27-23-14)18(19,20)21/h4-7,13H,8-10H2,1-3H3. The minimum atomic E-state index is -4.66. The lowest BCUT2D eigenvalue weighted by molar-refractivity contribution is -0.159. The molecular weight excluding hydrogens is 395 g/mol. The summed E-state index contributed by atoms with van der Waals surface area (Å²) < 4.78 is 47.3. The molecule has 0 radical (unpaired) electrons. The van der Waals surface area contributed by atoms with Gasteiger partial charge in [0.05, 0.1) is 0 Å². The number of nitrogens with zero attached hydrogens (tertiary/aromatic N) is 3. The molecule has 0 bridgehead atoms. The van der Waals surface area contributed by atoms with E-state index in [1.807, 2.05) is 20.8 Å². The molecule has 1 aromatic carbocycles. The van der Waals surface area contributed by atoms with Crippen LogP contribution in [0.2, 0.25) is 0 Å². The molecule has 0 spiro atoms. The molecule has 10 heteroatoms. The van der Waals surface area contributed by atoms with Gasteiger partial charge in [0.1, 0.15) is 5.60 Å². The highest BCUT2D eigenvalue weighted by Crippen LogP contribution is 2.33. The summed E-state index contributed by atoms with van der Waals surface area (Å²) in [5.74, 6) is -1.48. The van der Waals surface area contributed by atoms with Crippen LogP contribution in [-0.4, -0.2) is 45.1 Å². The number of hydrogen-bond acceptors (Lipinski definition) is 6. The smallest absolute Gasteiger partial charge is 0.444 e. The van der Waals surface area contributed by atoms with Gasteiger partial charge < -0.3 is 14.2 Å². The highest BCUT2D eigenvalue weighted by molar-refractivity contribution is 8.00. The number of rotatable bonds is 3. The van der Waals surface area contributed by atoms with Crippen LogP contribution in [0.5, 0.6) is 0 Å². The topological polar surface area (TPSA) is 68.5 Å². The molecule has 152 valence electrons. The monoisotopic (exact) mass is 415 g/mol. The van der Waals surface area contributed by atoms with Crippen LogP contribution in [0.25, 0.3) is 11.4 Å². The number of aromatic nitrogens is 2. The summed E-state index contributed by atoms with van der Waals surface area (Å²) in [5.41, 5.74) is -0.0929. The van der Waals surface area contributed by atoms with Gasteiger partial charge >= 0.3 is 18.2 Å². The second-order valence-corrected chi connectivity index (χ2v) is 8.77. The number of carbonyl (C=O) groups is 1. The van der Waals surface area contributed by atoms with Crippen LogP contribution in [0.4, 0.5) is 18.0 Å². The molecule has 0 saturated carbocycles. The van der Waals surface area contributed by atoms with Gasteiger partial charge in [0.2, 0.25) is 5.82 Å². The second kappa shape index (κ2) is 7.65. The fourth-order valence-electron chi connectivity index (χ4n) is 2.65. The molecule has 1 fully saturated rings. The first kappa shape index (κ1) is 20.5. The zero-order chi connectivity index (χ0) is 20.5. The van der Waals surface area contributed by atoms with Crippen molar-refractivity contribution < 1.29 is 27.2 Å². The van der Waals surface area contributed by atoms with Crippen molar-refractivity contribution in [3.05, 3.63) is 30.2 Å². The van der Waals surface area contributed by atoms with Crippen molar-refractivity contribution in [3.63, 3.8) is 0 Å². The molecule has 1 atom stereocenters. The fraction of sp³-hybridized carbons (Fsp3) is 0.500. The lowest BCUT2D eigenvalue weighted by atomic mass is 10.2. The molecular formula is C18H20F3N3O3S. The SMILES string of the molecule is CC(C)(C)OC(=O)N1CCC(Sc2ccc(-c3noc(C(F)(F)F)n3)cc2)C1. The van der Waals surface area contributed by atoms with Crippen molar-refractivity contribution in [1.29, 1.82) is 0 Å². The van der Waals surface area contributed by atoms with Gasteiger partial charge in [-0.05, 0) is 51.5 Å².